The van der Waals surface area contributed by atoms with Crippen molar-refractivity contribution in [1.29, 1.82) is 0 Å². The Morgan fingerprint density at radius 2 is 1.82 bits per heavy atom. The first-order chi connectivity index (χ1) is 16.0. The molecular formula is C25H20N2O5S. The van der Waals surface area contributed by atoms with Crippen LogP contribution in [0.4, 0.5) is 5.13 Å². The lowest BCUT2D eigenvalue weighted by molar-refractivity contribution is 0.0994. The number of amides is 1. The molecule has 1 N–H and O–H groups in total. The second-order valence-corrected chi connectivity index (χ2v) is 8.73. The minimum absolute atomic E-state index is 0.00213. The molecule has 2 aromatic carbocycles. The molecule has 2 aromatic heterocycles. The third-order valence-corrected chi connectivity index (χ3v) is 6.39. The molecule has 0 fully saturated rings. The van der Waals surface area contributed by atoms with E-state index >= 15 is 0 Å². The average molecular weight is 461 g/mol. The Labute approximate surface area is 194 Å². The standard InChI is InChI=1S/C25H20N2O5S/c1-14-23(12-16-3-8-20-22(11-16)31-13-30-20)33-25(26-14)27-24(29)21-10-9-19(32-21)18-6-4-17(5-7-18)15(2)28/h3-11H,12-13H2,1-2H3,(H,26,27,29). The molecule has 0 saturated carbocycles. The summed E-state index contributed by atoms with van der Waals surface area (Å²) in [6.45, 7) is 3.68. The van der Waals surface area contributed by atoms with Crippen LogP contribution in [0, 0.1) is 6.92 Å². The number of nitrogens with one attached hydrogen (secondary N) is 1. The molecule has 3 heterocycles. The van der Waals surface area contributed by atoms with Gasteiger partial charge >= 0.3 is 0 Å². The SMILES string of the molecule is CC(=O)c1ccc(-c2ccc(C(=O)Nc3nc(C)c(Cc4ccc5c(c4)OCO5)s3)o2)cc1. The van der Waals surface area contributed by atoms with Crippen LogP contribution in [0.5, 0.6) is 11.5 Å². The summed E-state index contributed by atoms with van der Waals surface area (Å²) in [5.74, 6) is 1.86. The third-order valence-electron chi connectivity index (χ3n) is 5.32. The van der Waals surface area contributed by atoms with Gasteiger partial charge in [0.25, 0.3) is 5.91 Å². The molecule has 0 bridgehead atoms. The first-order valence-electron chi connectivity index (χ1n) is 10.3. The van der Waals surface area contributed by atoms with Gasteiger partial charge in [0.2, 0.25) is 6.79 Å². The van der Waals surface area contributed by atoms with Gasteiger partial charge in [0, 0.05) is 22.4 Å². The number of anilines is 1. The van der Waals surface area contributed by atoms with Crippen molar-refractivity contribution in [2.24, 2.45) is 0 Å². The van der Waals surface area contributed by atoms with Crippen molar-refractivity contribution < 1.29 is 23.5 Å². The molecule has 166 valence electrons. The molecule has 0 spiro atoms. The van der Waals surface area contributed by atoms with Gasteiger partial charge in [-0.05, 0) is 43.7 Å². The summed E-state index contributed by atoms with van der Waals surface area (Å²) in [5, 5.41) is 3.33. The Bertz CT molecular complexity index is 1350. The number of nitrogens with zero attached hydrogens (tertiary/aromatic N) is 1. The second kappa shape index (κ2) is 8.55. The predicted molar refractivity (Wildman–Crippen MR) is 124 cm³/mol. The quantitative estimate of drug-likeness (QED) is 0.383. The maximum atomic E-state index is 12.7. The van der Waals surface area contributed by atoms with E-state index in [1.165, 1.54) is 18.3 Å². The number of hydrogen-bond acceptors (Lipinski definition) is 7. The number of carbonyl (C=O) groups is 2. The van der Waals surface area contributed by atoms with E-state index in [1.54, 1.807) is 36.4 Å². The van der Waals surface area contributed by atoms with E-state index in [2.05, 4.69) is 10.3 Å². The molecule has 5 rings (SSSR count). The lowest BCUT2D eigenvalue weighted by Crippen LogP contribution is -2.10. The highest BCUT2D eigenvalue weighted by molar-refractivity contribution is 7.15. The molecule has 7 nitrogen and oxygen atoms in total. The van der Waals surface area contributed by atoms with E-state index in [0.29, 0.717) is 22.9 Å². The number of Topliss-reactive ketones (excluding diaryl/α,β-unsaturated/α-hetero) is 1. The Kier molecular flexibility index (Phi) is 5.43. The van der Waals surface area contributed by atoms with Crippen molar-refractivity contribution in [2.45, 2.75) is 20.3 Å². The molecule has 1 aliphatic rings. The fourth-order valence-corrected chi connectivity index (χ4v) is 4.52. The third kappa shape index (κ3) is 4.38. The molecule has 0 aliphatic carbocycles. The van der Waals surface area contributed by atoms with Crippen molar-refractivity contribution in [3.05, 3.63) is 82.1 Å². The number of ether oxygens (including phenoxy) is 2. The molecule has 1 amide bonds. The summed E-state index contributed by atoms with van der Waals surface area (Å²) >= 11 is 1.43. The number of aryl methyl sites for hydroxylation is 1. The number of furan rings is 1. The van der Waals surface area contributed by atoms with Gasteiger partial charge in [-0.3, -0.25) is 14.9 Å². The highest BCUT2D eigenvalue weighted by Gasteiger charge is 2.18. The molecule has 1 aliphatic heterocycles. The van der Waals surface area contributed by atoms with Crippen molar-refractivity contribution >= 4 is 28.2 Å². The lowest BCUT2D eigenvalue weighted by Gasteiger charge is -2.02. The fraction of sp³-hybridized carbons (Fsp3) is 0.160. The zero-order chi connectivity index (χ0) is 22.9. The largest absolute Gasteiger partial charge is 0.454 e. The smallest absolute Gasteiger partial charge is 0.293 e. The number of fused-ring (bicyclic) bond motifs is 1. The van der Waals surface area contributed by atoms with Gasteiger partial charge in [0.1, 0.15) is 5.76 Å². The number of carbonyl (C=O) groups excluding carboxylic acids is 2. The van der Waals surface area contributed by atoms with Gasteiger partial charge in [-0.25, -0.2) is 4.98 Å². The van der Waals surface area contributed by atoms with Crippen LogP contribution in [-0.4, -0.2) is 23.5 Å². The van der Waals surface area contributed by atoms with Crippen LogP contribution in [0.3, 0.4) is 0 Å². The summed E-state index contributed by atoms with van der Waals surface area (Å²) < 4.78 is 16.5. The van der Waals surface area contributed by atoms with Crippen molar-refractivity contribution in [3.8, 4) is 22.8 Å². The summed E-state index contributed by atoms with van der Waals surface area (Å²) in [6.07, 6.45) is 0.678. The van der Waals surface area contributed by atoms with Crippen LogP contribution in [0.25, 0.3) is 11.3 Å². The van der Waals surface area contributed by atoms with Crippen LogP contribution >= 0.6 is 11.3 Å². The zero-order valence-corrected chi connectivity index (χ0v) is 18.8. The minimum atomic E-state index is -0.370. The van der Waals surface area contributed by atoms with Gasteiger partial charge in [0.15, 0.2) is 28.2 Å². The van der Waals surface area contributed by atoms with E-state index in [4.69, 9.17) is 13.9 Å². The molecular weight excluding hydrogens is 440 g/mol. The molecule has 0 saturated heterocycles. The Balaban J connectivity index is 1.27. The van der Waals surface area contributed by atoms with E-state index < -0.39 is 0 Å². The number of thiazole rings is 1. The number of benzene rings is 2. The van der Waals surface area contributed by atoms with Crippen LogP contribution in [0.2, 0.25) is 0 Å². The number of ketones is 1. The maximum absolute atomic E-state index is 12.7. The predicted octanol–water partition coefficient (Wildman–Crippen LogP) is 5.49. The first-order valence-corrected chi connectivity index (χ1v) is 11.2. The zero-order valence-electron chi connectivity index (χ0n) is 18.0. The van der Waals surface area contributed by atoms with Crippen LogP contribution in [0.15, 0.2) is 59.0 Å². The monoisotopic (exact) mass is 460 g/mol. The summed E-state index contributed by atoms with van der Waals surface area (Å²) in [5.41, 5.74) is 3.35. The molecule has 0 atom stereocenters. The number of aromatic nitrogens is 1. The first kappa shape index (κ1) is 21.0. The average Bonchev–Trinajstić information content (AvgIpc) is 3.54. The van der Waals surface area contributed by atoms with Crippen LogP contribution in [-0.2, 0) is 6.42 Å². The number of rotatable bonds is 6. The summed E-state index contributed by atoms with van der Waals surface area (Å²) in [4.78, 5) is 29.7. The van der Waals surface area contributed by atoms with Gasteiger partial charge in [-0.15, -0.1) is 11.3 Å². The normalized spacial score (nSPS) is 12.1. The maximum Gasteiger partial charge on any atom is 0.293 e. The topological polar surface area (TPSA) is 90.7 Å². The van der Waals surface area contributed by atoms with E-state index in [-0.39, 0.29) is 24.2 Å². The van der Waals surface area contributed by atoms with Crippen LogP contribution < -0.4 is 14.8 Å². The van der Waals surface area contributed by atoms with Crippen molar-refractivity contribution in [2.75, 3.05) is 12.1 Å². The lowest BCUT2D eigenvalue weighted by atomic mass is 10.1. The highest BCUT2D eigenvalue weighted by Crippen LogP contribution is 2.34. The molecule has 8 heteroatoms. The number of hydrogen-bond donors (Lipinski definition) is 1. The van der Waals surface area contributed by atoms with Crippen molar-refractivity contribution in [1.82, 2.24) is 4.98 Å². The van der Waals surface area contributed by atoms with Crippen LogP contribution in [0.1, 0.15) is 44.0 Å². The molecule has 0 radical (unpaired) electrons. The Hall–Kier alpha value is -3.91. The highest BCUT2D eigenvalue weighted by atomic mass is 32.1. The summed E-state index contributed by atoms with van der Waals surface area (Å²) in [7, 11) is 0. The van der Waals surface area contributed by atoms with Gasteiger partial charge in [-0.2, -0.15) is 0 Å². The van der Waals surface area contributed by atoms with E-state index in [0.717, 1.165) is 33.2 Å². The minimum Gasteiger partial charge on any atom is -0.454 e. The van der Waals surface area contributed by atoms with Gasteiger partial charge in [-0.1, -0.05) is 30.3 Å². The summed E-state index contributed by atoms with van der Waals surface area (Å²) in [6, 6.07) is 16.3. The Morgan fingerprint density at radius 3 is 2.61 bits per heavy atom. The molecule has 33 heavy (non-hydrogen) atoms. The molecule has 4 aromatic rings. The van der Waals surface area contributed by atoms with E-state index in [9.17, 15) is 9.59 Å². The second-order valence-electron chi connectivity index (χ2n) is 7.64. The Morgan fingerprint density at radius 1 is 1.03 bits per heavy atom. The molecule has 0 unspecified atom stereocenters. The fourth-order valence-electron chi connectivity index (χ4n) is 3.52. The van der Waals surface area contributed by atoms with E-state index in [1.807, 2.05) is 25.1 Å². The van der Waals surface area contributed by atoms with Gasteiger partial charge < -0.3 is 13.9 Å². The van der Waals surface area contributed by atoms with Crippen molar-refractivity contribution in [3.63, 3.8) is 0 Å². The van der Waals surface area contributed by atoms with Gasteiger partial charge in [0.05, 0.1) is 5.69 Å².